The molecule has 23 heavy (non-hydrogen) atoms. The van der Waals surface area contributed by atoms with Crippen molar-refractivity contribution >= 4 is 11.9 Å². The van der Waals surface area contributed by atoms with Crippen LogP contribution in [0.15, 0.2) is 11.1 Å². The number of rotatable bonds is 8. The maximum Gasteiger partial charge on any atom is 0.376 e. The summed E-state index contributed by atoms with van der Waals surface area (Å²) in [6, 6.07) is 0. The van der Waals surface area contributed by atoms with Crippen LogP contribution in [0.2, 0.25) is 0 Å². The zero-order valence-corrected chi connectivity index (χ0v) is 14.1. The normalized spacial score (nSPS) is 16.9. The minimum atomic E-state index is -3.54. The van der Waals surface area contributed by atoms with Crippen LogP contribution in [-0.2, 0) is 19.1 Å². The standard InChI is InChI=1S/C17H26F2O4/c1-4-12(11-17(18,19)16(21)23-6-3)13-9-7-8-10-14(13)15(20)22-5-2/h12H,4-11H2,1-3H3. The maximum absolute atomic E-state index is 14.1. The van der Waals surface area contributed by atoms with Crippen LogP contribution in [0.3, 0.4) is 0 Å². The minimum absolute atomic E-state index is 0.0814. The van der Waals surface area contributed by atoms with E-state index in [0.717, 1.165) is 18.4 Å². The number of hydrogen-bond acceptors (Lipinski definition) is 4. The van der Waals surface area contributed by atoms with E-state index in [-0.39, 0.29) is 13.2 Å². The van der Waals surface area contributed by atoms with Crippen LogP contribution in [0.5, 0.6) is 0 Å². The number of carbonyl (C=O) groups excluding carboxylic acids is 2. The van der Waals surface area contributed by atoms with Gasteiger partial charge in [-0.05, 0) is 51.9 Å². The predicted molar refractivity (Wildman–Crippen MR) is 82.1 cm³/mol. The van der Waals surface area contributed by atoms with Gasteiger partial charge in [0.15, 0.2) is 0 Å². The molecule has 0 heterocycles. The second-order valence-electron chi connectivity index (χ2n) is 5.67. The Labute approximate surface area is 136 Å². The molecule has 0 saturated carbocycles. The second kappa shape index (κ2) is 8.99. The third-order valence-corrected chi connectivity index (χ3v) is 4.09. The molecule has 132 valence electrons. The van der Waals surface area contributed by atoms with Crippen molar-refractivity contribution < 1.29 is 27.8 Å². The molecule has 6 heteroatoms. The van der Waals surface area contributed by atoms with Crippen molar-refractivity contribution in [2.75, 3.05) is 13.2 Å². The maximum atomic E-state index is 14.1. The quantitative estimate of drug-likeness (QED) is 0.630. The van der Waals surface area contributed by atoms with Crippen molar-refractivity contribution in [3.8, 4) is 0 Å². The smallest absolute Gasteiger partial charge is 0.376 e. The third kappa shape index (κ3) is 5.29. The van der Waals surface area contributed by atoms with E-state index in [1.807, 2.05) is 0 Å². The first kappa shape index (κ1) is 19.6. The molecule has 1 aliphatic carbocycles. The van der Waals surface area contributed by atoms with Gasteiger partial charge in [0.05, 0.1) is 13.2 Å². The topological polar surface area (TPSA) is 52.6 Å². The van der Waals surface area contributed by atoms with E-state index in [1.54, 1.807) is 13.8 Å². The summed E-state index contributed by atoms with van der Waals surface area (Å²) in [4.78, 5) is 23.5. The first-order valence-electron chi connectivity index (χ1n) is 8.31. The molecule has 1 unspecified atom stereocenters. The van der Waals surface area contributed by atoms with Crippen LogP contribution in [0.1, 0.15) is 59.3 Å². The molecule has 0 aromatic heterocycles. The number of esters is 2. The predicted octanol–water partition coefficient (Wildman–Crippen LogP) is 4.03. The highest BCUT2D eigenvalue weighted by Crippen LogP contribution is 2.38. The molecule has 1 aliphatic rings. The number of carbonyl (C=O) groups is 2. The number of allylic oxidation sites excluding steroid dienone is 1. The number of hydrogen-bond donors (Lipinski definition) is 0. The first-order chi connectivity index (χ1) is 10.9. The molecule has 0 bridgehead atoms. The van der Waals surface area contributed by atoms with Gasteiger partial charge in [-0.3, -0.25) is 0 Å². The Kier molecular flexibility index (Phi) is 7.65. The highest BCUT2D eigenvalue weighted by molar-refractivity contribution is 5.89. The minimum Gasteiger partial charge on any atom is -0.463 e. The van der Waals surface area contributed by atoms with Crippen LogP contribution >= 0.6 is 0 Å². The van der Waals surface area contributed by atoms with Gasteiger partial charge in [-0.2, -0.15) is 8.78 Å². The SMILES string of the molecule is CCOC(=O)C1=C(C(CC)CC(F)(F)C(=O)OCC)CCCC1. The second-order valence-corrected chi connectivity index (χ2v) is 5.67. The van der Waals surface area contributed by atoms with Crippen molar-refractivity contribution in [2.24, 2.45) is 5.92 Å². The number of halogens is 2. The Morgan fingerprint density at radius 2 is 1.70 bits per heavy atom. The van der Waals surface area contributed by atoms with Crippen molar-refractivity contribution in [2.45, 2.75) is 65.2 Å². The monoisotopic (exact) mass is 332 g/mol. The Balaban J connectivity index is 3.01. The summed E-state index contributed by atoms with van der Waals surface area (Å²) in [6.45, 7) is 5.17. The molecule has 0 radical (unpaired) electrons. The van der Waals surface area contributed by atoms with Crippen LogP contribution in [0.4, 0.5) is 8.78 Å². The molecular formula is C17H26F2O4. The summed E-state index contributed by atoms with van der Waals surface area (Å²) in [5.41, 5.74) is 1.24. The summed E-state index contributed by atoms with van der Waals surface area (Å²) in [5.74, 6) is -5.97. The van der Waals surface area contributed by atoms with Crippen molar-refractivity contribution in [3.63, 3.8) is 0 Å². The van der Waals surface area contributed by atoms with Crippen molar-refractivity contribution in [1.29, 1.82) is 0 Å². The summed E-state index contributed by atoms with van der Waals surface area (Å²) in [6.07, 6.45) is 2.68. The average Bonchev–Trinajstić information content (AvgIpc) is 2.53. The fourth-order valence-electron chi connectivity index (χ4n) is 2.97. The lowest BCUT2D eigenvalue weighted by Crippen LogP contribution is -2.34. The molecule has 0 aliphatic heterocycles. The molecule has 0 fully saturated rings. The van der Waals surface area contributed by atoms with Gasteiger partial charge in [0.25, 0.3) is 0 Å². The molecular weight excluding hydrogens is 306 g/mol. The molecule has 0 aromatic carbocycles. The van der Waals surface area contributed by atoms with Gasteiger partial charge in [-0.25, -0.2) is 9.59 Å². The van der Waals surface area contributed by atoms with E-state index in [0.29, 0.717) is 24.8 Å². The van der Waals surface area contributed by atoms with E-state index < -0.39 is 30.2 Å². The first-order valence-corrected chi connectivity index (χ1v) is 8.31. The molecule has 1 rings (SSSR count). The Morgan fingerprint density at radius 1 is 1.09 bits per heavy atom. The fraction of sp³-hybridized carbons (Fsp3) is 0.765. The zero-order valence-electron chi connectivity index (χ0n) is 14.1. The highest BCUT2D eigenvalue weighted by Gasteiger charge is 2.43. The Morgan fingerprint density at radius 3 is 2.26 bits per heavy atom. The molecule has 0 N–H and O–H groups in total. The van der Waals surface area contributed by atoms with E-state index in [4.69, 9.17) is 4.74 Å². The summed E-state index contributed by atoms with van der Waals surface area (Å²) in [7, 11) is 0. The van der Waals surface area contributed by atoms with Crippen LogP contribution in [0.25, 0.3) is 0 Å². The summed E-state index contributed by atoms with van der Waals surface area (Å²) >= 11 is 0. The largest absolute Gasteiger partial charge is 0.463 e. The lowest BCUT2D eigenvalue weighted by atomic mass is 9.80. The Bertz CT molecular complexity index is 458. The van der Waals surface area contributed by atoms with E-state index in [1.165, 1.54) is 6.92 Å². The molecule has 0 saturated heterocycles. The van der Waals surface area contributed by atoms with Gasteiger partial charge in [-0.15, -0.1) is 0 Å². The van der Waals surface area contributed by atoms with Gasteiger partial charge >= 0.3 is 17.9 Å². The van der Waals surface area contributed by atoms with Gasteiger partial charge in [0, 0.05) is 12.0 Å². The number of ether oxygens (including phenoxy) is 2. The lowest BCUT2D eigenvalue weighted by Gasteiger charge is -2.28. The van der Waals surface area contributed by atoms with Gasteiger partial charge in [0.2, 0.25) is 0 Å². The molecule has 4 nitrogen and oxygen atoms in total. The van der Waals surface area contributed by atoms with Crippen molar-refractivity contribution in [3.05, 3.63) is 11.1 Å². The molecule has 0 aromatic rings. The third-order valence-electron chi connectivity index (χ3n) is 4.09. The van der Waals surface area contributed by atoms with Crippen LogP contribution in [0, 0.1) is 5.92 Å². The highest BCUT2D eigenvalue weighted by atomic mass is 19.3. The number of alkyl halides is 2. The van der Waals surface area contributed by atoms with Gasteiger partial charge in [-0.1, -0.05) is 12.5 Å². The van der Waals surface area contributed by atoms with E-state index in [2.05, 4.69) is 4.74 Å². The molecule has 0 spiro atoms. The van der Waals surface area contributed by atoms with Crippen LogP contribution in [-0.4, -0.2) is 31.1 Å². The Hall–Kier alpha value is -1.46. The lowest BCUT2D eigenvalue weighted by molar-refractivity contribution is -0.173. The summed E-state index contributed by atoms with van der Waals surface area (Å²) < 4.78 is 37.6. The average molecular weight is 332 g/mol. The van der Waals surface area contributed by atoms with E-state index in [9.17, 15) is 18.4 Å². The van der Waals surface area contributed by atoms with Gasteiger partial charge in [0.1, 0.15) is 0 Å². The zero-order chi connectivity index (χ0) is 17.5. The molecule has 0 amide bonds. The molecule has 1 atom stereocenters. The van der Waals surface area contributed by atoms with Crippen LogP contribution < -0.4 is 0 Å². The van der Waals surface area contributed by atoms with Crippen molar-refractivity contribution in [1.82, 2.24) is 0 Å². The summed E-state index contributed by atoms with van der Waals surface area (Å²) in [5, 5.41) is 0. The van der Waals surface area contributed by atoms with E-state index >= 15 is 0 Å². The fourth-order valence-corrected chi connectivity index (χ4v) is 2.97. The van der Waals surface area contributed by atoms with Gasteiger partial charge < -0.3 is 9.47 Å².